The normalized spacial score (nSPS) is 11.5. The van der Waals surface area contributed by atoms with Crippen molar-refractivity contribution in [3.8, 4) is 0 Å². The summed E-state index contributed by atoms with van der Waals surface area (Å²) in [5.74, 6) is -1.36. The van der Waals surface area contributed by atoms with Crippen molar-refractivity contribution in [1.82, 2.24) is 4.72 Å². The Balaban J connectivity index is 2.15. The van der Waals surface area contributed by atoms with Crippen molar-refractivity contribution in [3.05, 3.63) is 62.6 Å². The van der Waals surface area contributed by atoms with E-state index in [4.69, 9.17) is 39.9 Å². The number of hydrogen-bond acceptors (Lipinski definition) is 3. The van der Waals surface area contributed by atoms with Crippen molar-refractivity contribution in [2.75, 3.05) is 6.54 Å². The van der Waals surface area contributed by atoms with Gasteiger partial charge < -0.3 is 5.11 Å². The first kappa shape index (κ1) is 19.0. The van der Waals surface area contributed by atoms with Gasteiger partial charge in [-0.1, -0.05) is 46.9 Å². The topological polar surface area (TPSA) is 83.5 Å². The maximum Gasteiger partial charge on any atom is 0.337 e. The Morgan fingerprint density at radius 2 is 1.71 bits per heavy atom. The number of sulfonamides is 1. The lowest BCUT2D eigenvalue weighted by atomic mass is 10.2. The van der Waals surface area contributed by atoms with Crippen LogP contribution in [0.1, 0.15) is 15.9 Å². The molecule has 0 unspecified atom stereocenters. The fourth-order valence-electron chi connectivity index (χ4n) is 1.94. The molecule has 0 heterocycles. The summed E-state index contributed by atoms with van der Waals surface area (Å²) in [6.45, 7) is 0.132. The number of halogens is 3. The Morgan fingerprint density at radius 3 is 2.29 bits per heavy atom. The summed E-state index contributed by atoms with van der Waals surface area (Å²) in [6, 6.07) is 9.09. The van der Waals surface area contributed by atoms with Crippen LogP contribution in [0.3, 0.4) is 0 Å². The van der Waals surface area contributed by atoms with E-state index in [1.165, 1.54) is 0 Å². The van der Waals surface area contributed by atoms with Crippen molar-refractivity contribution in [1.29, 1.82) is 0 Å². The van der Waals surface area contributed by atoms with Gasteiger partial charge in [0.2, 0.25) is 10.0 Å². The SMILES string of the molecule is O=C(O)c1cc(S(=O)(=O)NCCc2ccc(Cl)cc2)cc(Cl)c1Cl. The van der Waals surface area contributed by atoms with Crippen LogP contribution in [0, 0.1) is 0 Å². The summed E-state index contributed by atoms with van der Waals surface area (Å²) in [6.07, 6.45) is 0.448. The van der Waals surface area contributed by atoms with E-state index >= 15 is 0 Å². The van der Waals surface area contributed by atoms with E-state index in [0.717, 1.165) is 17.7 Å². The molecule has 0 fully saturated rings. The van der Waals surface area contributed by atoms with Gasteiger partial charge in [-0.25, -0.2) is 17.9 Å². The van der Waals surface area contributed by atoms with Crippen LogP contribution in [0.25, 0.3) is 0 Å². The minimum Gasteiger partial charge on any atom is -0.478 e. The van der Waals surface area contributed by atoms with E-state index in [-0.39, 0.29) is 27.0 Å². The number of rotatable bonds is 6. The number of nitrogens with one attached hydrogen (secondary N) is 1. The molecule has 5 nitrogen and oxygen atoms in total. The van der Waals surface area contributed by atoms with Crippen LogP contribution in [0.4, 0.5) is 0 Å². The quantitative estimate of drug-likeness (QED) is 0.760. The lowest BCUT2D eigenvalue weighted by Gasteiger charge is -2.10. The van der Waals surface area contributed by atoms with Crippen molar-refractivity contribution in [2.45, 2.75) is 11.3 Å². The lowest BCUT2D eigenvalue weighted by molar-refractivity contribution is 0.0697. The molecule has 0 saturated carbocycles. The molecule has 2 rings (SSSR count). The minimum absolute atomic E-state index is 0.132. The molecular formula is C15H12Cl3NO4S. The fourth-order valence-corrected chi connectivity index (χ4v) is 3.62. The van der Waals surface area contributed by atoms with E-state index in [2.05, 4.69) is 4.72 Å². The molecule has 2 aromatic rings. The van der Waals surface area contributed by atoms with Crippen molar-refractivity contribution in [2.24, 2.45) is 0 Å². The number of hydrogen-bond donors (Lipinski definition) is 2. The first-order chi connectivity index (χ1) is 11.2. The number of carbonyl (C=O) groups is 1. The second kappa shape index (κ2) is 7.72. The number of benzene rings is 2. The summed E-state index contributed by atoms with van der Waals surface area (Å²) in [5, 5.41) is 9.30. The van der Waals surface area contributed by atoms with E-state index in [1.54, 1.807) is 24.3 Å². The van der Waals surface area contributed by atoms with Crippen molar-refractivity contribution >= 4 is 50.8 Å². The number of carboxylic acid groups (broad SMARTS) is 1. The molecule has 0 spiro atoms. The zero-order valence-electron chi connectivity index (χ0n) is 12.1. The average molecular weight is 409 g/mol. The van der Waals surface area contributed by atoms with E-state index in [9.17, 15) is 13.2 Å². The molecule has 0 bridgehead atoms. The number of carboxylic acids is 1. The van der Waals surface area contributed by atoms with Gasteiger partial charge >= 0.3 is 5.97 Å². The smallest absolute Gasteiger partial charge is 0.337 e. The van der Waals surface area contributed by atoms with Gasteiger partial charge in [-0.2, -0.15) is 0 Å². The molecule has 0 aliphatic rings. The van der Waals surface area contributed by atoms with Gasteiger partial charge in [0.15, 0.2) is 0 Å². The zero-order chi connectivity index (χ0) is 17.9. The Morgan fingerprint density at radius 1 is 1.08 bits per heavy atom. The van der Waals surface area contributed by atoms with Crippen LogP contribution in [0.15, 0.2) is 41.3 Å². The third-order valence-electron chi connectivity index (χ3n) is 3.16. The number of aromatic carboxylic acids is 1. The third kappa shape index (κ3) is 4.62. The Labute approximate surface area is 154 Å². The molecule has 0 aromatic heterocycles. The van der Waals surface area contributed by atoms with Gasteiger partial charge in [0.05, 0.1) is 20.5 Å². The average Bonchev–Trinajstić information content (AvgIpc) is 2.51. The Bertz CT molecular complexity index is 867. The zero-order valence-corrected chi connectivity index (χ0v) is 15.2. The van der Waals surface area contributed by atoms with Crippen LogP contribution < -0.4 is 4.72 Å². The Hall–Kier alpha value is -1.31. The first-order valence-electron chi connectivity index (χ1n) is 6.67. The van der Waals surface area contributed by atoms with Gasteiger partial charge in [-0.05, 0) is 36.2 Å². The van der Waals surface area contributed by atoms with Gasteiger partial charge in [0, 0.05) is 11.6 Å². The standard InChI is InChI=1S/C15H12Cl3NO4S/c16-10-3-1-9(2-4-10)5-6-19-24(22,23)11-7-12(15(20)21)14(18)13(17)8-11/h1-4,7-8,19H,5-6H2,(H,20,21). The molecule has 0 atom stereocenters. The fraction of sp³-hybridized carbons (Fsp3) is 0.133. The summed E-state index contributed by atoms with van der Waals surface area (Å²) in [4.78, 5) is 10.9. The van der Waals surface area contributed by atoms with Gasteiger partial charge in [0.25, 0.3) is 0 Å². The Kier molecular flexibility index (Phi) is 6.11. The van der Waals surface area contributed by atoms with E-state index in [1.807, 2.05) is 0 Å². The molecule has 128 valence electrons. The molecule has 0 aliphatic heterocycles. The second-order valence-electron chi connectivity index (χ2n) is 4.85. The molecule has 0 aliphatic carbocycles. The van der Waals surface area contributed by atoms with Crippen LogP contribution in [-0.2, 0) is 16.4 Å². The minimum atomic E-state index is -3.92. The predicted molar refractivity (Wildman–Crippen MR) is 93.8 cm³/mol. The molecule has 0 saturated heterocycles. The summed E-state index contributed by atoms with van der Waals surface area (Å²) in [7, 11) is -3.92. The predicted octanol–water partition coefficient (Wildman–Crippen LogP) is 3.87. The van der Waals surface area contributed by atoms with Crippen LogP contribution in [0.5, 0.6) is 0 Å². The van der Waals surface area contributed by atoms with Crippen LogP contribution in [0.2, 0.25) is 15.1 Å². The molecule has 2 aromatic carbocycles. The summed E-state index contributed by atoms with van der Waals surface area (Å²) in [5.41, 5.74) is 0.532. The molecular weight excluding hydrogens is 397 g/mol. The van der Waals surface area contributed by atoms with Gasteiger partial charge in [-0.15, -0.1) is 0 Å². The van der Waals surface area contributed by atoms with Crippen LogP contribution in [-0.4, -0.2) is 26.0 Å². The second-order valence-corrected chi connectivity index (χ2v) is 7.83. The first-order valence-corrected chi connectivity index (χ1v) is 9.29. The maximum atomic E-state index is 12.3. The highest BCUT2D eigenvalue weighted by atomic mass is 35.5. The monoisotopic (exact) mass is 407 g/mol. The largest absolute Gasteiger partial charge is 0.478 e. The molecule has 2 N–H and O–H groups in total. The summed E-state index contributed by atoms with van der Waals surface area (Å²) >= 11 is 17.4. The molecule has 9 heteroatoms. The van der Waals surface area contributed by atoms with Crippen molar-refractivity contribution in [3.63, 3.8) is 0 Å². The lowest BCUT2D eigenvalue weighted by Crippen LogP contribution is -2.26. The molecule has 0 radical (unpaired) electrons. The highest BCUT2D eigenvalue weighted by molar-refractivity contribution is 7.89. The van der Waals surface area contributed by atoms with Crippen molar-refractivity contribution < 1.29 is 18.3 Å². The highest BCUT2D eigenvalue weighted by Crippen LogP contribution is 2.29. The molecule has 0 amide bonds. The highest BCUT2D eigenvalue weighted by Gasteiger charge is 2.20. The van der Waals surface area contributed by atoms with Crippen LogP contribution >= 0.6 is 34.8 Å². The maximum absolute atomic E-state index is 12.3. The van der Waals surface area contributed by atoms with Gasteiger partial charge in [-0.3, -0.25) is 0 Å². The molecule has 24 heavy (non-hydrogen) atoms. The van der Waals surface area contributed by atoms with E-state index in [0.29, 0.717) is 11.4 Å². The van der Waals surface area contributed by atoms with Gasteiger partial charge in [0.1, 0.15) is 0 Å². The third-order valence-corrected chi connectivity index (χ3v) is 5.66. The summed E-state index contributed by atoms with van der Waals surface area (Å²) < 4.78 is 27.0. The van der Waals surface area contributed by atoms with E-state index < -0.39 is 16.0 Å².